The Morgan fingerprint density at radius 1 is 1.36 bits per heavy atom. The smallest absolute Gasteiger partial charge is 0.228 e. The van der Waals surface area contributed by atoms with E-state index < -0.39 is 0 Å². The van der Waals surface area contributed by atoms with Gasteiger partial charge in [-0.25, -0.2) is 4.98 Å². The molecule has 0 aromatic carbocycles. The minimum atomic E-state index is 0.166. The van der Waals surface area contributed by atoms with Gasteiger partial charge in [-0.1, -0.05) is 19.3 Å². The topological polar surface area (TPSA) is 46.3 Å². The van der Waals surface area contributed by atoms with Gasteiger partial charge in [0.05, 0.1) is 12.1 Å². The molecule has 5 heteroatoms. The van der Waals surface area contributed by atoms with E-state index in [0.29, 0.717) is 12.5 Å². The Labute approximate surface area is 135 Å². The summed E-state index contributed by atoms with van der Waals surface area (Å²) in [6, 6.07) is 4.26. The zero-order valence-electron chi connectivity index (χ0n) is 13.2. The Bertz CT molecular complexity index is 641. The molecule has 22 heavy (non-hydrogen) atoms. The number of hydrogen-bond donors (Lipinski definition) is 0. The van der Waals surface area contributed by atoms with Crippen LogP contribution in [0.5, 0.6) is 0 Å². The van der Waals surface area contributed by atoms with Crippen molar-refractivity contribution in [3.63, 3.8) is 0 Å². The van der Waals surface area contributed by atoms with Crippen LogP contribution in [0.25, 0.3) is 10.8 Å². The summed E-state index contributed by atoms with van der Waals surface area (Å²) in [7, 11) is 1.93. The van der Waals surface area contributed by atoms with Gasteiger partial charge in [0.2, 0.25) is 5.91 Å². The Kier molecular flexibility index (Phi) is 4.62. The maximum absolute atomic E-state index is 12.4. The fourth-order valence-corrected chi connectivity index (χ4v) is 3.78. The van der Waals surface area contributed by atoms with Crippen molar-refractivity contribution in [2.75, 3.05) is 7.05 Å². The first-order chi connectivity index (χ1) is 10.6. The Hall–Kier alpha value is -1.62. The standard InChI is InChI=1S/C17H22N2O2S/c1-12-8-9-15(21-12)17-18-13(11-22-17)10-16(20)19(2)14-6-4-3-5-7-14/h8-9,11,14H,3-7,10H2,1-2H3. The summed E-state index contributed by atoms with van der Waals surface area (Å²) in [5, 5.41) is 2.80. The first-order valence-electron chi connectivity index (χ1n) is 7.90. The third-order valence-corrected chi connectivity index (χ3v) is 5.26. The molecular weight excluding hydrogens is 296 g/mol. The Balaban J connectivity index is 1.63. The molecule has 0 saturated heterocycles. The van der Waals surface area contributed by atoms with Gasteiger partial charge in [0, 0.05) is 18.5 Å². The van der Waals surface area contributed by atoms with E-state index in [1.165, 1.54) is 30.6 Å². The predicted octanol–water partition coefficient (Wildman–Crippen LogP) is 4.05. The third kappa shape index (κ3) is 3.40. The maximum atomic E-state index is 12.4. The number of rotatable bonds is 4. The van der Waals surface area contributed by atoms with Crippen LogP contribution >= 0.6 is 11.3 Å². The second-order valence-corrected chi connectivity index (χ2v) is 6.89. The van der Waals surface area contributed by atoms with Gasteiger partial charge in [0.25, 0.3) is 0 Å². The number of aryl methyl sites for hydroxylation is 1. The summed E-state index contributed by atoms with van der Waals surface area (Å²) < 4.78 is 5.58. The molecule has 0 atom stereocenters. The van der Waals surface area contributed by atoms with E-state index >= 15 is 0 Å². The molecule has 2 aromatic rings. The minimum absolute atomic E-state index is 0.166. The largest absolute Gasteiger partial charge is 0.459 e. The Morgan fingerprint density at radius 2 is 2.14 bits per heavy atom. The van der Waals surface area contributed by atoms with E-state index in [9.17, 15) is 4.79 Å². The van der Waals surface area contributed by atoms with Gasteiger partial charge in [-0.15, -0.1) is 11.3 Å². The number of furan rings is 1. The number of hydrogen-bond acceptors (Lipinski definition) is 4. The van der Waals surface area contributed by atoms with Crippen LogP contribution in [0.15, 0.2) is 21.9 Å². The second-order valence-electron chi connectivity index (χ2n) is 6.03. The molecule has 118 valence electrons. The highest BCUT2D eigenvalue weighted by molar-refractivity contribution is 7.13. The van der Waals surface area contributed by atoms with Gasteiger partial charge < -0.3 is 9.32 Å². The number of likely N-dealkylation sites (N-methyl/N-ethyl adjacent to an activating group) is 1. The van der Waals surface area contributed by atoms with Crippen LogP contribution in [-0.4, -0.2) is 28.9 Å². The SMILES string of the molecule is Cc1ccc(-c2nc(CC(=O)N(C)C3CCCCC3)cs2)o1. The van der Waals surface area contributed by atoms with Crippen molar-refractivity contribution >= 4 is 17.2 Å². The number of carbonyl (C=O) groups excluding carboxylic acids is 1. The average molecular weight is 318 g/mol. The highest BCUT2D eigenvalue weighted by Gasteiger charge is 2.22. The highest BCUT2D eigenvalue weighted by atomic mass is 32.1. The number of nitrogens with zero attached hydrogens (tertiary/aromatic N) is 2. The zero-order chi connectivity index (χ0) is 15.5. The molecule has 1 saturated carbocycles. The molecule has 4 nitrogen and oxygen atoms in total. The lowest BCUT2D eigenvalue weighted by Gasteiger charge is -2.31. The number of thiazole rings is 1. The normalized spacial score (nSPS) is 15.9. The van der Waals surface area contributed by atoms with Crippen LogP contribution in [0, 0.1) is 6.92 Å². The summed E-state index contributed by atoms with van der Waals surface area (Å²) >= 11 is 1.53. The molecule has 3 rings (SSSR count). The third-order valence-electron chi connectivity index (χ3n) is 4.35. The van der Waals surface area contributed by atoms with Crippen LogP contribution < -0.4 is 0 Å². The molecule has 2 heterocycles. The number of aromatic nitrogens is 1. The number of carbonyl (C=O) groups is 1. The van der Waals surface area contributed by atoms with Crippen molar-refractivity contribution in [3.8, 4) is 10.8 Å². The molecule has 0 radical (unpaired) electrons. The first-order valence-corrected chi connectivity index (χ1v) is 8.78. The van der Waals surface area contributed by atoms with E-state index in [1.807, 2.05) is 36.4 Å². The molecule has 0 N–H and O–H groups in total. The Morgan fingerprint density at radius 3 is 2.82 bits per heavy atom. The molecule has 2 aromatic heterocycles. The van der Waals surface area contributed by atoms with Crippen molar-refractivity contribution in [2.24, 2.45) is 0 Å². The predicted molar refractivity (Wildman–Crippen MR) is 87.9 cm³/mol. The monoisotopic (exact) mass is 318 g/mol. The fraction of sp³-hybridized carbons (Fsp3) is 0.529. The van der Waals surface area contributed by atoms with Crippen molar-refractivity contribution in [1.82, 2.24) is 9.88 Å². The van der Waals surface area contributed by atoms with Gasteiger partial charge in [-0.2, -0.15) is 0 Å². The summed E-state index contributed by atoms with van der Waals surface area (Å²) in [4.78, 5) is 18.9. The lowest BCUT2D eigenvalue weighted by Crippen LogP contribution is -2.39. The maximum Gasteiger partial charge on any atom is 0.228 e. The van der Waals surface area contributed by atoms with Gasteiger partial charge in [-0.3, -0.25) is 4.79 Å². The quantitative estimate of drug-likeness (QED) is 0.854. The van der Waals surface area contributed by atoms with E-state index in [4.69, 9.17) is 4.42 Å². The van der Waals surface area contributed by atoms with Crippen LogP contribution in [-0.2, 0) is 11.2 Å². The van der Waals surface area contributed by atoms with Crippen LogP contribution in [0.1, 0.15) is 43.6 Å². The van der Waals surface area contributed by atoms with Crippen molar-refractivity contribution < 1.29 is 9.21 Å². The molecule has 1 fully saturated rings. The van der Waals surface area contributed by atoms with Crippen molar-refractivity contribution in [1.29, 1.82) is 0 Å². The molecule has 0 unspecified atom stereocenters. The summed E-state index contributed by atoms with van der Waals surface area (Å²) in [6.07, 6.45) is 6.42. The summed E-state index contributed by atoms with van der Waals surface area (Å²) in [6.45, 7) is 1.92. The first kappa shape index (κ1) is 15.3. The number of amides is 1. The second kappa shape index (κ2) is 6.65. The molecule has 1 aliphatic carbocycles. The fourth-order valence-electron chi connectivity index (χ4n) is 3.00. The molecule has 0 bridgehead atoms. The van der Waals surface area contributed by atoms with Crippen molar-refractivity contribution in [2.45, 2.75) is 51.5 Å². The minimum Gasteiger partial charge on any atom is -0.459 e. The summed E-state index contributed by atoms with van der Waals surface area (Å²) in [5.41, 5.74) is 0.835. The van der Waals surface area contributed by atoms with E-state index in [-0.39, 0.29) is 5.91 Å². The van der Waals surface area contributed by atoms with Crippen molar-refractivity contribution in [3.05, 3.63) is 29.0 Å². The lowest BCUT2D eigenvalue weighted by molar-refractivity contribution is -0.131. The lowest BCUT2D eigenvalue weighted by atomic mass is 9.94. The molecular formula is C17H22N2O2S. The average Bonchev–Trinajstić information content (AvgIpc) is 3.16. The van der Waals surface area contributed by atoms with E-state index in [2.05, 4.69) is 4.98 Å². The zero-order valence-corrected chi connectivity index (χ0v) is 14.0. The molecule has 1 aliphatic rings. The van der Waals surface area contributed by atoms with Gasteiger partial charge in [0.15, 0.2) is 10.8 Å². The molecule has 0 aliphatic heterocycles. The molecule has 1 amide bonds. The van der Waals surface area contributed by atoms with Crippen LogP contribution in [0.2, 0.25) is 0 Å². The summed E-state index contributed by atoms with van der Waals surface area (Å²) in [5.74, 6) is 1.82. The van der Waals surface area contributed by atoms with Gasteiger partial charge in [-0.05, 0) is 31.9 Å². The van der Waals surface area contributed by atoms with Crippen LogP contribution in [0.3, 0.4) is 0 Å². The van der Waals surface area contributed by atoms with Gasteiger partial charge >= 0.3 is 0 Å². The molecule has 0 spiro atoms. The van der Waals surface area contributed by atoms with E-state index in [1.54, 1.807) is 0 Å². The van der Waals surface area contributed by atoms with Gasteiger partial charge in [0.1, 0.15) is 5.76 Å². The van der Waals surface area contributed by atoms with Crippen LogP contribution in [0.4, 0.5) is 0 Å². The highest BCUT2D eigenvalue weighted by Crippen LogP contribution is 2.26. The van der Waals surface area contributed by atoms with E-state index in [0.717, 1.165) is 35.1 Å².